The largest absolute Gasteiger partial charge is 0.497 e. The SMILES string of the molecule is COc1ccc(C(=O)N2CC(=O)Nc3ccc(Cl)cc3C2c2cccs2)cc1. The maximum Gasteiger partial charge on any atom is 0.255 e. The molecule has 0 saturated heterocycles. The first-order chi connectivity index (χ1) is 13.6. The third kappa shape index (κ3) is 3.48. The molecule has 1 N–H and O–H groups in total. The Morgan fingerprint density at radius 1 is 1.21 bits per heavy atom. The van der Waals surface area contributed by atoms with Crippen molar-refractivity contribution < 1.29 is 14.3 Å². The summed E-state index contributed by atoms with van der Waals surface area (Å²) in [5, 5.41) is 5.39. The van der Waals surface area contributed by atoms with Gasteiger partial charge in [0, 0.05) is 26.7 Å². The molecule has 1 atom stereocenters. The summed E-state index contributed by atoms with van der Waals surface area (Å²) in [4.78, 5) is 28.5. The molecule has 4 rings (SSSR count). The van der Waals surface area contributed by atoms with Gasteiger partial charge in [0.15, 0.2) is 0 Å². The van der Waals surface area contributed by atoms with Gasteiger partial charge in [-0.25, -0.2) is 0 Å². The maximum absolute atomic E-state index is 13.4. The lowest BCUT2D eigenvalue weighted by atomic mass is 10.0. The molecule has 1 unspecified atom stereocenters. The molecule has 2 aromatic carbocycles. The summed E-state index contributed by atoms with van der Waals surface area (Å²) in [5.74, 6) is 0.186. The Kier molecular flexibility index (Phi) is 5.07. The van der Waals surface area contributed by atoms with Crippen molar-refractivity contribution in [2.24, 2.45) is 0 Å². The average Bonchev–Trinajstić information content (AvgIpc) is 3.18. The van der Waals surface area contributed by atoms with Crippen LogP contribution in [0.25, 0.3) is 0 Å². The molecule has 0 spiro atoms. The molecule has 28 heavy (non-hydrogen) atoms. The Morgan fingerprint density at radius 2 is 2.00 bits per heavy atom. The number of methoxy groups -OCH3 is 1. The van der Waals surface area contributed by atoms with Gasteiger partial charge in [0.1, 0.15) is 12.3 Å². The van der Waals surface area contributed by atoms with Crippen LogP contribution in [0.1, 0.15) is 26.8 Å². The van der Waals surface area contributed by atoms with E-state index in [4.69, 9.17) is 16.3 Å². The Morgan fingerprint density at radius 3 is 2.68 bits per heavy atom. The second kappa shape index (κ2) is 7.66. The van der Waals surface area contributed by atoms with Gasteiger partial charge in [-0.1, -0.05) is 17.7 Å². The fourth-order valence-electron chi connectivity index (χ4n) is 3.32. The molecule has 1 aliphatic rings. The van der Waals surface area contributed by atoms with E-state index in [-0.39, 0.29) is 18.4 Å². The Hall–Kier alpha value is -2.83. The molecule has 0 fully saturated rings. The molecule has 0 bridgehead atoms. The van der Waals surface area contributed by atoms with E-state index in [1.165, 1.54) is 11.3 Å². The van der Waals surface area contributed by atoms with E-state index >= 15 is 0 Å². The van der Waals surface area contributed by atoms with E-state index in [1.807, 2.05) is 17.5 Å². The lowest BCUT2D eigenvalue weighted by Gasteiger charge is -2.29. The van der Waals surface area contributed by atoms with Gasteiger partial charge in [-0.3, -0.25) is 9.59 Å². The van der Waals surface area contributed by atoms with Crippen LogP contribution in [0, 0.1) is 0 Å². The summed E-state index contributed by atoms with van der Waals surface area (Å²) in [6, 6.07) is 15.7. The smallest absolute Gasteiger partial charge is 0.255 e. The van der Waals surface area contributed by atoms with Crippen molar-refractivity contribution in [2.45, 2.75) is 6.04 Å². The number of thiophene rings is 1. The maximum atomic E-state index is 13.4. The highest BCUT2D eigenvalue weighted by molar-refractivity contribution is 7.10. The Labute approximate surface area is 171 Å². The van der Waals surface area contributed by atoms with Crippen LogP contribution < -0.4 is 10.1 Å². The van der Waals surface area contributed by atoms with Crippen molar-refractivity contribution in [3.8, 4) is 5.75 Å². The van der Waals surface area contributed by atoms with Gasteiger partial charge in [0.05, 0.1) is 13.2 Å². The zero-order valence-corrected chi connectivity index (χ0v) is 16.6. The Balaban J connectivity index is 1.83. The minimum Gasteiger partial charge on any atom is -0.497 e. The van der Waals surface area contributed by atoms with E-state index < -0.39 is 6.04 Å². The number of carbonyl (C=O) groups is 2. The van der Waals surface area contributed by atoms with Gasteiger partial charge < -0.3 is 15.0 Å². The standard InChI is InChI=1S/C21H17ClN2O3S/c1-27-15-7-4-13(5-8-15)21(26)24-12-19(25)23-17-9-6-14(22)11-16(17)20(24)18-3-2-10-28-18/h2-11,20H,12H2,1H3,(H,23,25). The summed E-state index contributed by atoms with van der Waals surface area (Å²) >= 11 is 7.78. The highest BCUT2D eigenvalue weighted by atomic mass is 35.5. The number of hydrogen-bond acceptors (Lipinski definition) is 4. The molecule has 2 heterocycles. The van der Waals surface area contributed by atoms with Crippen LogP contribution in [-0.2, 0) is 4.79 Å². The summed E-state index contributed by atoms with van der Waals surface area (Å²) in [7, 11) is 1.57. The van der Waals surface area contributed by atoms with Crippen LogP contribution in [0.3, 0.4) is 0 Å². The number of hydrogen-bond donors (Lipinski definition) is 1. The number of nitrogens with one attached hydrogen (secondary N) is 1. The first kappa shape index (κ1) is 18.5. The first-order valence-electron chi connectivity index (χ1n) is 8.64. The summed E-state index contributed by atoms with van der Waals surface area (Å²) in [6.45, 7) is -0.0558. The number of halogens is 1. The van der Waals surface area contributed by atoms with Crippen LogP contribution >= 0.6 is 22.9 Å². The number of benzene rings is 2. The highest BCUT2D eigenvalue weighted by Gasteiger charge is 2.34. The quantitative estimate of drug-likeness (QED) is 0.684. The molecule has 7 heteroatoms. The number of rotatable bonds is 3. The number of amides is 2. The average molecular weight is 413 g/mol. The van der Waals surface area contributed by atoms with Gasteiger partial charge in [0.25, 0.3) is 5.91 Å². The number of anilines is 1. The van der Waals surface area contributed by atoms with E-state index in [0.29, 0.717) is 22.0 Å². The molecular weight excluding hydrogens is 396 g/mol. The third-order valence-corrected chi connectivity index (χ3v) is 5.78. The highest BCUT2D eigenvalue weighted by Crippen LogP contribution is 2.39. The van der Waals surface area contributed by atoms with Gasteiger partial charge >= 0.3 is 0 Å². The van der Waals surface area contributed by atoms with Crippen molar-refractivity contribution >= 4 is 40.4 Å². The fraction of sp³-hybridized carbons (Fsp3) is 0.143. The summed E-state index contributed by atoms with van der Waals surface area (Å²) < 4.78 is 5.17. The monoisotopic (exact) mass is 412 g/mol. The molecule has 2 amide bonds. The molecule has 142 valence electrons. The molecule has 1 aliphatic heterocycles. The van der Waals surface area contributed by atoms with E-state index in [9.17, 15) is 9.59 Å². The van der Waals surface area contributed by atoms with Gasteiger partial charge in [-0.15, -0.1) is 11.3 Å². The fourth-order valence-corrected chi connectivity index (χ4v) is 4.35. The number of carbonyl (C=O) groups excluding carboxylic acids is 2. The minimum absolute atomic E-state index is 0.0558. The predicted molar refractivity (Wildman–Crippen MR) is 110 cm³/mol. The molecule has 0 radical (unpaired) electrons. The molecule has 0 aliphatic carbocycles. The Bertz CT molecular complexity index is 1020. The zero-order chi connectivity index (χ0) is 19.7. The molecule has 0 saturated carbocycles. The normalized spacial score (nSPS) is 16.1. The van der Waals surface area contributed by atoms with Crippen LogP contribution in [0.4, 0.5) is 5.69 Å². The van der Waals surface area contributed by atoms with Crippen LogP contribution in [-0.4, -0.2) is 30.4 Å². The third-order valence-electron chi connectivity index (χ3n) is 4.62. The number of ether oxygens (including phenoxy) is 1. The van der Waals surface area contributed by atoms with Crippen LogP contribution in [0.15, 0.2) is 60.0 Å². The minimum atomic E-state index is -0.415. The van der Waals surface area contributed by atoms with Crippen LogP contribution in [0.2, 0.25) is 5.02 Å². The van der Waals surface area contributed by atoms with Crippen molar-refractivity contribution in [3.05, 3.63) is 81.0 Å². The van der Waals surface area contributed by atoms with Gasteiger partial charge in [-0.05, 0) is 53.9 Å². The predicted octanol–water partition coefficient (Wildman–Crippen LogP) is 4.59. The van der Waals surface area contributed by atoms with Gasteiger partial charge in [0.2, 0.25) is 5.91 Å². The molecule has 5 nitrogen and oxygen atoms in total. The van der Waals surface area contributed by atoms with E-state index in [1.54, 1.807) is 54.5 Å². The van der Waals surface area contributed by atoms with E-state index in [2.05, 4.69) is 5.32 Å². The first-order valence-corrected chi connectivity index (χ1v) is 9.90. The topological polar surface area (TPSA) is 58.6 Å². The molecular formula is C21H17ClN2O3S. The second-order valence-corrected chi connectivity index (χ2v) is 7.77. The lowest BCUT2D eigenvalue weighted by molar-refractivity contribution is -0.117. The molecule has 1 aromatic heterocycles. The zero-order valence-electron chi connectivity index (χ0n) is 15.0. The van der Waals surface area contributed by atoms with E-state index in [0.717, 1.165) is 10.4 Å². The number of nitrogens with zero attached hydrogens (tertiary/aromatic N) is 1. The summed E-state index contributed by atoms with van der Waals surface area (Å²) in [6.07, 6.45) is 0. The van der Waals surface area contributed by atoms with Crippen molar-refractivity contribution in [1.29, 1.82) is 0 Å². The van der Waals surface area contributed by atoms with Crippen molar-refractivity contribution in [2.75, 3.05) is 19.0 Å². The molecule has 3 aromatic rings. The number of fused-ring (bicyclic) bond motifs is 1. The second-order valence-electron chi connectivity index (χ2n) is 6.36. The van der Waals surface area contributed by atoms with Crippen molar-refractivity contribution in [1.82, 2.24) is 4.90 Å². The lowest BCUT2D eigenvalue weighted by Crippen LogP contribution is -2.38. The van der Waals surface area contributed by atoms with Crippen molar-refractivity contribution in [3.63, 3.8) is 0 Å². The summed E-state index contributed by atoms with van der Waals surface area (Å²) in [5.41, 5.74) is 1.95. The van der Waals surface area contributed by atoms with Gasteiger partial charge in [-0.2, -0.15) is 0 Å². The van der Waals surface area contributed by atoms with Crippen LogP contribution in [0.5, 0.6) is 5.75 Å².